The maximum atomic E-state index is 14.5. The molecule has 0 saturated carbocycles. The van der Waals surface area contributed by atoms with Gasteiger partial charge in [-0.05, 0) is 43.3 Å². The lowest BCUT2D eigenvalue weighted by Crippen LogP contribution is -2.32. The lowest BCUT2D eigenvalue weighted by molar-refractivity contribution is -0.137. The first-order valence-electron chi connectivity index (χ1n) is 9.53. The Kier molecular flexibility index (Phi) is 6.87. The van der Waals surface area contributed by atoms with Crippen LogP contribution in [0.5, 0.6) is 17.2 Å². The molecule has 1 unspecified atom stereocenters. The van der Waals surface area contributed by atoms with Crippen molar-refractivity contribution in [1.82, 2.24) is 0 Å². The van der Waals surface area contributed by atoms with Gasteiger partial charge >= 0.3 is 6.18 Å². The molecule has 0 aromatic heterocycles. The number of amides is 1. The average Bonchev–Trinajstić information content (AvgIpc) is 2.75. The number of carbonyl (C=O) groups is 1. The molecular formula is C23H20F4N2O3. The number of benzene rings is 3. The van der Waals surface area contributed by atoms with Gasteiger partial charge in [-0.2, -0.15) is 13.2 Å². The largest absolute Gasteiger partial charge is 0.493 e. The predicted molar refractivity (Wildman–Crippen MR) is 113 cm³/mol. The standard InChI is InChI=1S/C23H20F4N2O3/c1-14(22(30)29-18-8-4-3-7-16(18)23(25,26)27)28-15-11-12-19(17(24)13-15)32-21-10-6-5-9-20(21)31-2/h3-14,28H,1-2H3,(H,29,30). The molecule has 3 aromatic carbocycles. The van der Waals surface area contributed by atoms with Crippen molar-refractivity contribution in [2.45, 2.75) is 19.1 Å². The molecule has 3 aromatic rings. The number of methoxy groups -OCH3 is 1. The topological polar surface area (TPSA) is 59.6 Å². The Balaban J connectivity index is 1.69. The molecule has 0 aliphatic heterocycles. The number of hydrogen-bond donors (Lipinski definition) is 2. The number of hydrogen-bond acceptors (Lipinski definition) is 4. The average molecular weight is 448 g/mol. The summed E-state index contributed by atoms with van der Waals surface area (Å²) in [6, 6.07) is 14.4. The second-order valence-electron chi connectivity index (χ2n) is 6.80. The molecule has 32 heavy (non-hydrogen) atoms. The molecule has 0 fully saturated rings. The van der Waals surface area contributed by atoms with Crippen LogP contribution in [0.25, 0.3) is 0 Å². The Morgan fingerprint density at radius 1 is 0.938 bits per heavy atom. The first kappa shape index (κ1) is 22.9. The minimum atomic E-state index is -4.61. The number of carbonyl (C=O) groups excluding carboxylic acids is 1. The fourth-order valence-electron chi connectivity index (χ4n) is 2.89. The zero-order chi connectivity index (χ0) is 23.3. The molecule has 9 heteroatoms. The highest BCUT2D eigenvalue weighted by atomic mass is 19.4. The van der Waals surface area contributed by atoms with Crippen LogP contribution in [0.2, 0.25) is 0 Å². The van der Waals surface area contributed by atoms with E-state index < -0.39 is 29.5 Å². The van der Waals surface area contributed by atoms with Gasteiger partial charge in [0, 0.05) is 11.8 Å². The van der Waals surface area contributed by atoms with Gasteiger partial charge in [-0.3, -0.25) is 4.79 Å². The number of alkyl halides is 3. The molecular weight excluding hydrogens is 428 g/mol. The molecule has 0 heterocycles. The van der Waals surface area contributed by atoms with Gasteiger partial charge < -0.3 is 20.1 Å². The van der Waals surface area contributed by atoms with E-state index in [2.05, 4.69) is 10.6 Å². The number of para-hydroxylation sites is 3. The van der Waals surface area contributed by atoms with Crippen molar-refractivity contribution in [3.63, 3.8) is 0 Å². The van der Waals surface area contributed by atoms with Gasteiger partial charge in [-0.25, -0.2) is 4.39 Å². The summed E-state index contributed by atoms with van der Waals surface area (Å²) >= 11 is 0. The second-order valence-corrected chi connectivity index (χ2v) is 6.80. The number of ether oxygens (including phenoxy) is 2. The van der Waals surface area contributed by atoms with Crippen molar-refractivity contribution < 1.29 is 31.8 Å². The maximum Gasteiger partial charge on any atom is 0.418 e. The Hall–Kier alpha value is -3.75. The summed E-state index contributed by atoms with van der Waals surface area (Å²) in [5.41, 5.74) is -1.06. The van der Waals surface area contributed by atoms with Crippen LogP contribution in [0, 0.1) is 5.82 Å². The van der Waals surface area contributed by atoms with Crippen LogP contribution < -0.4 is 20.1 Å². The second kappa shape index (κ2) is 9.59. The van der Waals surface area contributed by atoms with E-state index in [9.17, 15) is 22.4 Å². The van der Waals surface area contributed by atoms with Crippen molar-refractivity contribution >= 4 is 17.3 Å². The lowest BCUT2D eigenvalue weighted by atomic mass is 10.1. The van der Waals surface area contributed by atoms with Gasteiger partial charge in [0.25, 0.3) is 0 Å². The van der Waals surface area contributed by atoms with Gasteiger partial charge in [0.2, 0.25) is 5.91 Å². The van der Waals surface area contributed by atoms with Gasteiger partial charge in [0.15, 0.2) is 23.1 Å². The number of nitrogens with one attached hydrogen (secondary N) is 2. The first-order chi connectivity index (χ1) is 15.2. The molecule has 1 amide bonds. The number of halogens is 4. The van der Waals surface area contributed by atoms with Crippen molar-refractivity contribution in [2.75, 3.05) is 17.7 Å². The van der Waals surface area contributed by atoms with E-state index in [1.165, 1.54) is 38.3 Å². The van der Waals surface area contributed by atoms with Crippen molar-refractivity contribution in [1.29, 1.82) is 0 Å². The number of rotatable bonds is 7. The smallest absolute Gasteiger partial charge is 0.418 e. The highest BCUT2D eigenvalue weighted by molar-refractivity contribution is 5.97. The third-order valence-electron chi connectivity index (χ3n) is 4.49. The summed E-state index contributed by atoms with van der Waals surface area (Å²) in [5.74, 6) is -0.715. The molecule has 0 aliphatic carbocycles. The normalized spacial score (nSPS) is 12.1. The molecule has 5 nitrogen and oxygen atoms in total. The Morgan fingerprint density at radius 3 is 2.25 bits per heavy atom. The Labute approximate surface area is 182 Å². The minimum Gasteiger partial charge on any atom is -0.493 e. The molecule has 0 aliphatic rings. The van der Waals surface area contributed by atoms with Gasteiger partial charge in [-0.15, -0.1) is 0 Å². The first-order valence-corrected chi connectivity index (χ1v) is 9.53. The summed E-state index contributed by atoms with van der Waals surface area (Å²) in [6.07, 6.45) is -4.61. The van der Waals surface area contributed by atoms with E-state index in [-0.39, 0.29) is 17.1 Å². The third-order valence-corrected chi connectivity index (χ3v) is 4.49. The fourth-order valence-corrected chi connectivity index (χ4v) is 2.89. The number of anilines is 2. The van der Waals surface area contributed by atoms with Crippen molar-refractivity contribution in [3.05, 3.63) is 78.1 Å². The predicted octanol–water partition coefficient (Wildman–Crippen LogP) is 6.08. The van der Waals surface area contributed by atoms with Crippen LogP contribution in [0.15, 0.2) is 66.7 Å². The Bertz CT molecular complexity index is 1100. The lowest BCUT2D eigenvalue weighted by Gasteiger charge is -2.18. The van der Waals surface area contributed by atoms with Crippen molar-refractivity contribution in [2.24, 2.45) is 0 Å². The Morgan fingerprint density at radius 2 is 1.59 bits per heavy atom. The summed E-state index contributed by atoms with van der Waals surface area (Å²) < 4.78 is 64.5. The maximum absolute atomic E-state index is 14.5. The van der Waals surface area contributed by atoms with Gasteiger partial charge in [-0.1, -0.05) is 24.3 Å². The molecule has 0 saturated heterocycles. The molecule has 3 rings (SSSR count). The summed E-state index contributed by atoms with van der Waals surface area (Å²) in [6.45, 7) is 1.45. The van der Waals surface area contributed by atoms with Crippen LogP contribution in [0.1, 0.15) is 12.5 Å². The fraction of sp³-hybridized carbons (Fsp3) is 0.174. The quantitative estimate of drug-likeness (QED) is 0.430. The van der Waals surface area contributed by atoms with E-state index in [4.69, 9.17) is 9.47 Å². The van der Waals surface area contributed by atoms with Gasteiger partial charge in [0.1, 0.15) is 6.04 Å². The van der Waals surface area contributed by atoms with Crippen LogP contribution in [-0.4, -0.2) is 19.1 Å². The van der Waals surface area contributed by atoms with Crippen LogP contribution in [-0.2, 0) is 11.0 Å². The zero-order valence-electron chi connectivity index (χ0n) is 17.2. The van der Waals surface area contributed by atoms with Crippen LogP contribution >= 0.6 is 0 Å². The highest BCUT2D eigenvalue weighted by Crippen LogP contribution is 2.35. The monoisotopic (exact) mass is 448 g/mol. The highest BCUT2D eigenvalue weighted by Gasteiger charge is 2.33. The molecule has 0 radical (unpaired) electrons. The van der Waals surface area contributed by atoms with E-state index in [0.29, 0.717) is 11.5 Å². The SMILES string of the molecule is COc1ccccc1Oc1ccc(NC(C)C(=O)Nc2ccccc2C(F)(F)F)cc1F. The van der Waals surface area contributed by atoms with Crippen LogP contribution in [0.4, 0.5) is 28.9 Å². The minimum absolute atomic E-state index is 0.0590. The van der Waals surface area contributed by atoms with E-state index in [0.717, 1.165) is 18.2 Å². The summed E-state index contributed by atoms with van der Waals surface area (Å²) in [4.78, 5) is 12.4. The van der Waals surface area contributed by atoms with Gasteiger partial charge in [0.05, 0.1) is 18.4 Å². The molecule has 2 N–H and O–H groups in total. The third kappa shape index (κ3) is 5.48. The molecule has 0 spiro atoms. The van der Waals surface area contributed by atoms with Crippen LogP contribution in [0.3, 0.4) is 0 Å². The van der Waals surface area contributed by atoms with E-state index >= 15 is 0 Å². The summed E-state index contributed by atoms with van der Waals surface area (Å²) in [5, 5.41) is 5.02. The molecule has 168 valence electrons. The van der Waals surface area contributed by atoms with Crippen molar-refractivity contribution in [3.8, 4) is 17.2 Å². The molecule has 1 atom stereocenters. The zero-order valence-corrected chi connectivity index (χ0v) is 17.2. The summed E-state index contributed by atoms with van der Waals surface area (Å²) in [7, 11) is 1.46. The molecule has 0 bridgehead atoms. The van der Waals surface area contributed by atoms with E-state index in [1.54, 1.807) is 24.3 Å². The van der Waals surface area contributed by atoms with E-state index in [1.807, 2.05) is 0 Å².